The summed E-state index contributed by atoms with van der Waals surface area (Å²) in [7, 11) is 0. The topological polar surface area (TPSA) is 52.0 Å². The third-order valence-corrected chi connectivity index (χ3v) is 3.47. The van der Waals surface area contributed by atoms with Gasteiger partial charge in [0.2, 0.25) is 0 Å². The summed E-state index contributed by atoms with van der Waals surface area (Å²) < 4.78 is 19.1. The van der Waals surface area contributed by atoms with Crippen molar-refractivity contribution in [1.82, 2.24) is 4.98 Å². The van der Waals surface area contributed by atoms with Gasteiger partial charge in [0.1, 0.15) is 17.2 Å². The van der Waals surface area contributed by atoms with E-state index in [1.165, 1.54) is 12.1 Å². The summed E-state index contributed by atoms with van der Waals surface area (Å²) in [5.74, 6) is 0.372. The van der Waals surface area contributed by atoms with Gasteiger partial charge in [-0.1, -0.05) is 6.07 Å². The van der Waals surface area contributed by atoms with Crippen LogP contribution in [0, 0.1) is 19.7 Å². The van der Waals surface area contributed by atoms with Crippen LogP contribution in [0.2, 0.25) is 0 Å². The van der Waals surface area contributed by atoms with Crippen molar-refractivity contribution in [1.29, 1.82) is 0 Å². The molecule has 0 spiro atoms. The molecular formula is C16H15FN2O. The summed E-state index contributed by atoms with van der Waals surface area (Å²) in [5, 5.41) is 0.760. The van der Waals surface area contributed by atoms with Crippen LogP contribution in [0.1, 0.15) is 28.5 Å². The van der Waals surface area contributed by atoms with Gasteiger partial charge in [-0.15, -0.1) is 0 Å². The van der Waals surface area contributed by atoms with E-state index in [4.69, 9.17) is 10.2 Å². The number of rotatable bonds is 2. The molecule has 3 aromatic rings. The monoisotopic (exact) mass is 270 g/mol. The van der Waals surface area contributed by atoms with Crippen LogP contribution in [0.3, 0.4) is 0 Å². The molecule has 2 heterocycles. The molecule has 0 radical (unpaired) electrons. The molecule has 0 bridgehead atoms. The van der Waals surface area contributed by atoms with E-state index in [0.717, 1.165) is 22.1 Å². The van der Waals surface area contributed by atoms with E-state index >= 15 is 0 Å². The van der Waals surface area contributed by atoms with E-state index in [9.17, 15) is 4.39 Å². The van der Waals surface area contributed by atoms with Crippen molar-refractivity contribution in [2.45, 2.75) is 19.9 Å². The molecule has 0 amide bonds. The number of hydrogen-bond donors (Lipinski definition) is 1. The predicted octanol–water partition coefficient (Wildman–Crippen LogP) is 3.63. The van der Waals surface area contributed by atoms with E-state index in [2.05, 4.69) is 4.98 Å². The van der Waals surface area contributed by atoms with E-state index in [-0.39, 0.29) is 5.82 Å². The highest BCUT2D eigenvalue weighted by molar-refractivity contribution is 5.82. The Morgan fingerprint density at radius 2 is 2.00 bits per heavy atom. The van der Waals surface area contributed by atoms with Crippen LogP contribution in [0.15, 0.2) is 41.1 Å². The number of benzene rings is 1. The van der Waals surface area contributed by atoms with Crippen LogP contribution >= 0.6 is 0 Å². The standard InChI is InChI=1S/C16H15FN2O/c1-9-5-11(8-19-7-9)15(18)16-10(2)13-6-12(17)3-4-14(13)20-16/h3-8,15H,18H2,1-2H3. The van der Waals surface area contributed by atoms with Crippen molar-refractivity contribution in [3.05, 3.63) is 64.9 Å². The highest BCUT2D eigenvalue weighted by Crippen LogP contribution is 2.31. The largest absolute Gasteiger partial charge is 0.459 e. The first-order valence-electron chi connectivity index (χ1n) is 6.42. The number of furan rings is 1. The molecule has 0 saturated heterocycles. The smallest absolute Gasteiger partial charge is 0.134 e. The number of halogens is 1. The van der Waals surface area contributed by atoms with Crippen molar-refractivity contribution in [3.63, 3.8) is 0 Å². The molecule has 20 heavy (non-hydrogen) atoms. The minimum absolute atomic E-state index is 0.279. The number of aryl methyl sites for hydroxylation is 2. The zero-order valence-electron chi connectivity index (χ0n) is 11.4. The van der Waals surface area contributed by atoms with Crippen LogP contribution in [-0.2, 0) is 0 Å². The van der Waals surface area contributed by atoms with Crippen LogP contribution in [-0.4, -0.2) is 4.98 Å². The Kier molecular flexibility index (Phi) is 3.03. The van der Waals surface area contributed by atoms with Crippen molar-refractivity contribution in [3.8, 4) is 0 Å². The summed E-state index contributed by atoms with van der Waals surface area (Å²) in [6.07, 6.45) is 3.50. The molecule has 2 aromatic heterocycles. The molecule has 0 aliphatic carbocycles. The molecular weight excluding hydrogens is 255 g/mol. The van der Waals surface area contributed by atoms with Gasteiger partial charge in [0, 0.05) is 23.3 Å². The normalized spacial score (nSPS) is 12.8. The molecule has 0 aliphatic rings. The molecule has 1 atom stereocenters. The Hall–Kier alpha value is -2.20. The lowest BCUT2D eigenvalue weighted by Gasteiger charge is -2.10. The summed E-state index contributed by atoms with van der Waals surface area (Å²) in [5.41, 5.74) is 9.70. The SMILES string of the molecule is Cc1cncc(C(N)c2oc3ccc(F)cc3c2C)c1. The van der Waals surface area contributed by atoms with Gasteiger partial charge in [-0.25, -0.2) is 4.39 Å². The van der Waals surface area contributed by atoms with Gasteiger partial charge >= 0.3 is 0 Å². The van der Waals surface area contributed by atoms with Crippen LogP contribution in [0.4, 0.5) is 4.39 Å². The van der Waals surface area contributed by atoms with Gasteiger partial charge in [0.25, 0.3) is 0 Å². The minimum atomic E-state index is -0.405. The Balaban J connectivity index is 2.12. The summed E-state index contributed by atoms with van der Waals surface area (Å²) >= 11 is 0. The Morgan fingerprint density at radius 3 is 2.75 bits per heavy atom. The molecule has 1 aromatic carbocycles. The van der Waals surface area contributed by atoms with Crippen molar-refractivity contribution < 1.29 is 8.81 Å². The molecule has 0 aliphatic heterocycles. The molecule has 102 valence electrons. The van der Waals surface area contributed by atoms with Gasteiger partial charge < -0.3 is 10.2 Å². The average Bonchev–Trinajstić information content (AvgIpc) is 2.75. The quantitative estimate of drug-likeness (QED) is 0.773. The molecule has 0 saturated carbocycles. The first kappa shape index (κ1) is 12.8. The van der Waals surface area contributed by atoms with E-state index in [1.54, 1.807) is 18.5 Å². The number of aromatic nitrogens is 1. The van der Waals surface area contributed by atoms with Crippen LogP contribution < -0.4 is 5.73 Å². The summed E-state index contributed by atoms with van der Waals surface area (Å²) in [6, 6.07) is 6.05. The van der Waals surface area contributed by atoms with E-state index in [1.807, 2.05) is 19.9 Å². The van der Waals surface area contributed by atoms with Gasteiger partial charge in [-0.05, 0) is 43.2 Å². The third-order valence-electron chi connectivity index (χ3n) is 3.47. The van der Waals surface area contributed by atoms with Crippen LogP contribution in [0.5, 0.6) is 0 Å². The Labute approximate surface area is 116 Å². The maximum atomic E-state index is 13.3. The fourth-order valence-corrected chi connectivity index (χ4v) is 2.41. The lowest BCUT2D eigenvalue weighted by molar-refractivity contribution is 0.520. The molecule has 3 rings (SSSR count). The van der Waals surface area contributed by atoms with Gasteiger partial charge in [-0.2, -0.15) is 0 Å². The average molecular weight is 270 g/mol. The maximum Gasteiger partial charge on any atom is 0.134 e. The first-order valence-corrected chi connectivity index (χ1v) is 6.42. The third kappa shape index (κ3) is 2.08. The second kappa shape index (κ2) is 4.72. The minimum Gasteiger partial charge on any atom is -0.459 e. The number of hydrogen-bond acceptors (Lipinski definition) is 3. The Morgan fingerprint density at radius 1 is 1.20 bits per heavy atom. The maximum absolute atomic E-state index is 13.3. The highest BCUT2D eigenvalue weighted by atomic mass is 19.1. The number of nitrogens with two attached hydrogens (primary N) is 1. The zero-order chi connectivity index (χ0) is 14.3. The molecule has 4 heteroatoms. The van der Waals surface area contributed by atoms with Gasteiger partial charge in [-0.3, -0.25) is 4.98 Å². The number of fused-ring (bicyclic) bond motifs is 1. The van der Waals surface area contributed by atoms with Gasteiger partial charge in [0.15, 0.2) is 0 Å². The van der Waals surface area contributed by atoms with E-state index < -0.39 is 6.04 Å². The van der Waals surface area contributed by atoms with Crippen molar-refractivity contribution in [2.24, 2.45) is 5.73 Å². The van der Waals surface area contributed by atoms with Crippen LogP contribution in [0.25, 0.3) is 11.0 Å². The molecule has 0 fully saturated rings. The second-order valence-corrected chi connectivity index (χ2v) is 5.01. The van der Waals surface area contributed by atoms with Gasteiger partial charge in [0.05, 0.1) is 6.04 Å². The Bertz CT molecular complexity index is 779. The van der Waals surface area contributed by atoms with Crippen molar-refractivity contribution in [2.75, 3.05) is 0 Å². The first-order chi connectivity index (χ1) is 9.56. The lowest BCUT2D eigenvalue weighted by Crippen LogP contribution is -2.12. The number of nitrogens with zero attached hydrogens (tertiary/aromatic N) is 1. The zero-order valence-corrected chi connectivity index (χ0v) is 11.4. The summed E-state index contributed by atoms with van der Waals surface area (Å²) in [6.45, 7) is 3.85. The highest BCUT2D eigenvalue weighted by Gasteiger charge is 2.19. The van der Waals surface area contributed by atoms with E-state index in [0.29, 0.717) is 11.3 Å². The fraction of sp³-hybridized carbons (Fsp3) is 0.188. The summed E-state index contributed by atoms with van der Waals surface area (Å²) in [4.78, 5) is 4.15. The number of pyridine rings is 1. The second-order valence-electron chi connectivity index (χ2n) is 5.01. The lowest BCUT2D eigenvalue weighted by atomic mass is 10.0. The van der Waals surface area contributed by atoms with Crippen molar-refractivity contribution >= 4 is 11.0 Å². The predicted molar refractivity (Wildman–Crippen MR) is 75.9 cm³/mol. The molecule has 1 unspecified atom stereocenters. The molecule has 2 N–H and O–H groups in total. The fourth-order valence-electron chi connectivity index (χ4n) is 2.41. The molecule has 3 nitrogen and oxygen atoms in total.